The Balaban J connectivity index is 2.03. The van der Waals surface area contributed by atoms with Gasteiger partial charge in [-0.15, -0.1) is 6.58 Å². The fourth-order valence-corrected chi connectivity index (χ4v) is 3.43. The first kappa shape index (κ1) is 18.9. The van der Waals surface area contributed by atoms with Crippen LogP contribution in [0.1, 0.15) is 5.56 Å². The second kappa shape index (κ2) is 7.52. The van der Waals surface area contributed by atoms with Crippen molar-refractivity contribution in [2.24, 2.45) is 0 Å². The fourth-order valence-electron chi connectivity index (χ4n) is 3.25. The highest BCUT2D eigenvalue weighted by atomic mass is 35.5. The Bertz CT molecular complexity index is 1350. The van der Waals surface area contributed by atoms with Gasteiger partial charge in [-0.1, -0.05) is 41.9 Å². The lowest BCUT2D eigenvalue weighted by atomic mass is 10.2. The van der Waals surface area contributed by atoms with Gasteiger partial charge in [0.25, 0.3) is 5.56 Å². The van der Waals surface area contributed by atoms with E-state index in [1.807, 2.05) is 0 Å². The standard InChI is InChI=1S/C21H16ClFN4O2/c1-2-10-26-20(28)18-19(27(21(26)29)16-8-5-7-15(22)11-16)24-13-25(18)12-14-6-3-4-9-17(14)23/h2-9,11,13H,1,10,12H2. The summed E-state index contributed by atoms with van der Waals surface area (Å²) in [5.74, 6) is -0.385. The zero-order chi connectivity index (χ0) is 20.5. The van der Waals surface area contributed by atoms with Crippen LogP contribution < -0.4 is 11.2 Å². The molecule has 6 nitrogen and oxygen atoms in total. The molecule has 4 rings (SSSR count). The minimum Gasteiger partial charge on any atom is -0.320 e. The van der Waals surface area contributed by atoms with Crippen molar-refractivity contribution >= 4 is 22.8 Å². The summed E-state index contributed by atoms with van der Waals surface area (Å²) in [4.78, 5) is 30.4. The number of hydrogen-bond acceptors (Lipinski definition) is 3. The third kappa shape index (κ3) is 3.30. The third-order valence-electron chi connectivity index (χ3n) is 4.58. The number of aromatic nitrogens is 4. The maximum atomic E-state index is 14.1. The number of fused-ring (bicyclic) bond motifs is 1. The van der Waals surface area contributed by atoms with Crippen molar-refractivity contribution in [1.29, 1.82) is 0 Å². The molecular formula is C21H16ClFN4O2. The van der Waals surface area contributed by atoms with Crippen LogP contribution in [0.15, 0.2) is 77.1 Å². The Morgan fingerprint density at radius 3 is 2.66 bits per heavy atom. The molecule has 0 unspecified atom stereocenters. The average molecular weight is 411 g/mol. The summed E-state index contributed by atoms with van der Waals surface area (Å²) in [6, 6.07) is 13.0. The Kier molecular flexibility index (Phi) is 4.90. The molecule has 2 aromatic heterocycles. The predicted octanol–water partition coefficient (Wildman–Crippen LogP) is 3.38. The molecular weight excluding hydrogens is 395 g/mol. The van der Waals surface area contributed by atoms with Gasteiger partial charge in [0.2, 0.25) is 0 Å². The van der Waals surface area contributed by atoms with Crippen LogP contribution in [0.2, 0.25) is 5.02 Å². The normalized spacial score (nSPS) is 11.1. The second-order valence-electron chi connectivity index (χ2n) is 6.44. The van der Waals surface area contributed by atoms with Crippen molar-refractivity contribution in [3.63, 3.8) is 0 Å². The molecule has 0 radical (unpaired) electrons. The predicted molar refractivity (Wildman–Crippen MR) is 110 cm³/mol. The number of nitrogens with zero attached hydrogens (tertiary/aromatic N) is 4. The third-order valence-corrected chi connectivity index (χ3v) is 4.81. The van der Waals surface area contributed by atoms with Gasteiger partial charge in [0.1, 0.15) is 5.82 Å². The van der Waals surface area contributed by atoms with E-state index in [0.29, 0.717) is 16.3 Å². The minimum atomic E-state index is -0.555. The van der Waals surface area contributed by atoms with Gasteiger partial charge in [0, 0.05) is 17.1 Å². The summed E-state index contributed by atoms with van der Waals surface area (Å²) in [7, 11) is 0. The first-order valence-electron chi connectivity index (χ1n) is 8.82. The van der Waals surface area contributed by atoms with Crippen molar-refractivity contribution in [2.45, 2.75) is 13.1 Å². The molecule has 0 aliphatic heterocycles. The molecule has 29 heavy (non-hydrogen) atoms. The molecule has 4 aromatic rings. The molecule has 0 amide bonds. The highest BCUT2D eigenvalue weighted by Gasteiger charge is 2.19. The summed E-state index contributed by atoms with van der Waals surface area (Å²) >= 11 is 6.09. The molecule has 0 bridgehead atoms. The summed E-state index contributed by atoms with van der Waals surface area (Å²) in [5.41, 5.74) is 0.176. The number of imidazole rings is 1. The highest BCUT2D eigenvalue weighted by molar-refractivity contribution is 6.30. The lowest BCUT2D eigenvalue weighted by Gasteiger charge is -2.12. The van der Waals surface area contributed by atoms with Crippen LogP contribution >= 0.6 is 11.6 Å². The minimum absolute atomic E-state index is 0.0268. The van der Waals surface area contributed by atoms with Crippen LogP contribution in [0.3, 0.4) is 0 Å². The molecule has 0 spiro atoms. The van der Waals surface area contributed by atoms with Gasteiger partial charge >= 0.3 is 5.69 Å². The average Bonchev–Trinajstić information content (AvgIpc) is 3.10. The zero-order valence-corrected chi connectivity index (χ0v) is 16.0. The van der Waals surface area contributed by atoms with E-state index in [0.717, 1.165) is 4.57 Å². The lowest BCUT2D eigenvalue weighted by molar-refractivity contribution is 0.600. The Labute approximate surface area is 169 Å². The van der Waals surface area contributed by atoms with E-state index >= 15 is 0 Å². The fraction of sp³-hybridized carbons (Fsp3) is 0.0952. The van der Waals surface area contributed by atoms with Crippen molar-refractivity contribution < 1.29 is 4.39 Å². The largest absolute Gasteiger partial charge is 0.337 e. The van der Waals surface area contributed by atoms with Crippen molar-refractivity contribution in [2.75, 3.05) is 0 Å². The number of hydrogen-bond donors (Lipinski definition) is 0. The summed E-state index contributed by atoms with van der Waals surface area (Å²) < 4.78 is 18.1. The number of allylic oxidation sites excluding steroid dienone is 1. The molecule has 146 valence electrons. The maximum Gasteiger partial charge on any atom is 0.337 e. The molecule has 0 saturated carbocycles. The van der Waals surface area contributed by atoms with E-state index in [9.17, 15) is 14.0 Å². The topological polar surface area (TPSA) is 61.8 Å². The van der Waals surface area contributed by atoms with Crippen LogP contribution in [-0.4, -0.2) is 18.7 Å². The monoisotopic (exact) mass is 410 g/mol. The molecule has 8 heteroatoms. The summed E-state index contributed by atoms with van der Waals surface area (Å²) in [5, 5.41) is 0.440. The van der Waals surface area contributed by atoms with Crippen LogP contribution in [-0.2, 0) is 13.1 Å². The first-order chi connectivity index (χ1) is 14.0. The molecule has 0 atom stereocenters. The highest BCUT2D eigenvalue weighted by Crippen LogP contribution is 2.18. The second-order valence-corrected chi connectivity index (χ2v) is 6.87. The van der Waals surface area contributed by atoms with Crippen LogP contribution in [0.5, 0.6) is 0 Å². The van der Waals surface area contributed by atoms with Gasteiger partial charge in [-0.3, -0.25) is 9.36 Å². The van der Waals surface area contributed by atoms with Crippen LogP contribution in [0.25, 0.3) is 16.9 Å². The quantitative estimate of drug-likeness (QED) is 0.474. The lowest BCUT2D eigenvalue weighted by Crippen LogP contribution is -2.39. The van der Waals surface area contributed by atoms with Gasteiger partial charge < -0.3 is 4.57 Å². The van der Waals surface area contributed by atoms with Crippen molar-refractivity contribution in [3.8, 4) is 5.69 Å². The summed E-state index contributed by atoms with van der Waals surface area (Å²) in [6.07, 6.45) is 2.89. The molecule has 0 saturated heterocycles. The molecule has 0 N–H and O–H groups in total. The first-order valence-corrected chi connectivity index (χ1v) is 9.20. The van der Waals surface area contributed by atoms with Gasteiger partial charge in [0.05, 0.1) is 18.6 Å². The molecule has 2 heterocycles. The number of rotatable bonds is 5. The van der Waals surface area contributed by atoms with E-state index in [2.05, 4.69) is 11.6 Å². The van der Waals surface area contributed by atoms with Crippen molar-refractivity contribution in [3.05, 3.63) is 105 Å². The smallest absolute Gasteiger partial charge is 0.320 e. The van der Waals surface area contributed by atoms with Gasteiger partial charge in [-0.05, 0) is 24.3 Å². The van der Waals surface area contributed by atoms with Gasteiger partial charge in [0.15, 0.2) is 11.2 Å². The maximum absolute atomic E-state index is 14.1. The van der Waals surface area contributed by atoms with E-state index < -0.39 is 11.2 Å². The SMILES string of the molecule is C=CCn1c(=O)c2c(ncn2Cc2ccccc2F)n(-c2cccc(Cl)c2)c1=O. The summed E-state index contributed by atoms with van der Waals surface area (Å²) in [6.45, 7) is 3.75. The van der Waals surface area contributed by atoms with E-state index in [-0.39, 0.29) is 30.1 Å². The van der Waals surface area contributed by atoms with Crippen LogP contribution in [0.4, 0.5) is 4.39 Å². The van der Waals surface area contributed by atoms with Crippen LogP contribution in [0, 0.1) is 5.82 Å². The van der Waals surface area contributed by atoms with Crippen molar-refractivity contribution in [1.82, 2.24) is 18.7 Å². The molecule has 0 fully saturated rings. The Morgan fingerprint density at radius 2 is 1.93 bits per heavy atom. The van der Waals surface area contributed by atoms with E-state index in [1.165, 1.54) is 27.6 Å². The molecule has 0 aliphatic carbocycles. The molecule has 2 aromatic carbocycles. The van der Waals surface area contributed by atoms with Gasteiger partial charge in [-0.25, -0.2) is 18.7 Å². The Morgan fingerprint density at radius 1 is 1.14 bits per heavy atom. The number of halogens is 2. The van der Waals surface area contributed by atoms with E-state index in [4.69, 9.17) is 11.6 Å². The molecule has 0 aliphatic rings. The number of benzene rings is 2. The Hall–Kier alpha value is -3.45. The van der Waals surface area contributed by atoms with E-state index in [1.54, 1.807) is 42.5 Å². The van der Waals surface area contributed by atoms with Gasteiger partial charge in [-0.2, -0.15) is 0 Å². The zero-order valence-electron chi connectivity index (χ0n) is 15.3.